The Kier molecular flexibility index (Phi) is 8.19. The third-order valence-electron chi connectivity index (χ3n) is 4.32. The number of hydrogen-bond acceptors (Lipinski definition) is 3. The Morgan fingerprint density at radius 1 is 0.800 bits per heavy atom. The predicted octanol–water partition coefficient (Wildman–Crippen LogP) is 6.03. The molecule has 3 nitrogen and oxygen atoms in total. The topological polar surface area (TPSA) is 43.4 Å². The first-order chi connectivity index (χ1) is 11.6. The van der Waals surface area contributed by atoms with Gasteiger partial charge < -0.3 is 0 Å². The molecule has 0 atom stereocenters. The number of allylic oxidation sites excluding steroid dienone is 2. The minimum absolute atomic E-state index is 0.549. The Morgan fingerprint density at radius 3 is 1.44 bits per heavy atom. The van der Waals surface area contributed by atoms with Gasteiger partial charge in [-0.25, -0.2) is 0 Å². The van der Waals surface area contributed by atoms with Crippen LogP contribution in [0.1, 0.15) is 79.1 Å². The van der Waals surface area contributed by atoms with E-state index < -0.39 is 21.7 Å². The highest BCUT2D eigenvalue weighted by Crippen LogP contribution is 2.44. The molecule has 0 aromatic heterocycles. The summed E-state index contributed by atoms with van der Waals surface area (Å²) in [6.45, 7) is 7.90. The van der Waals surface area contributed by atoms with Gasteiger partial charge in [-0.3, -0.25) is 4.18 Å². The zero-order valence-electron chi connectivity index (χ0n) is 15.5. The summed E-state index contributed by atoms with van der Waals surface area (Å²) in [6, 6.07) is 0. The van der Waals surface area contributed by atoms with Crippen LogP contribution >= 0.6 is 0 Å². The first-order valence-electron chi connectivity index (χ1n) is 9.08. The summed E-state index contributed by atoms with van der Waals surface area (Å²) in [6.07, 6.45) is 4.66. The number of halogens is 3. The summed E-state index contributed by atoms with van der Waals surface area (Å²) < 4.78 is 66.6. The molecule has 0 aromatic carbocycles. The molecule has 1 aliphatic rings. The Bertz CT molecular complexity index is 584. The second-order valence-corrected chi connectivity index (χ2v) is 7.95. The van der Waals surface area contributed by atoms with E-state index in [0.717, 1.165) is 60.8 Å². The van der Waals surface area contributed by atoms with Gasteiger partial charge in [0.15, 0.2) is 0 Å². The zero-order valence-corrected chi connectivity index (χ0v) is 16.3. The molecule has 0 heterocycles. The largest absolute Gasteiger partial charge is 0.523 e. The third kappa shape index (κ3) is 5.09. The first-order valence-corrected chi connectivity index (χ1v) is 10.5. The van der Waals surface area contributed by atoms with Crippen molar-refractivity contribution in [3.05, 3.63) is 22.3 Å². The molecule has 0 aliphatic heterocycles. The van der Waals surface area contributed by atoms with Crippen molar-refractivity contribution < 1.29 is 25.8 Å². The number of alkyl halides is 3. The van der Waals surface area contributed by atoms with Crippen LogP contribution in [-0.2, 0) is 14.3 Å². The molecule has 0 spiro atoms. The molecule has 0 amide bonds. The van der Waals surface area contributed by atoms with Gasteiger partial charge in [0.2, 0.25) is 0 Å². The van der Waals surface area contributed by atoms with Gasteiger partial charge in [0.05, 0.1) is 0 Å². The predicted molar refractivity (Wildman–Crippen MR) is 93.5 cm³/mol. The minimum atomic E-state index is -5.63. The van der Waals surface area contributed by atoms with E-state index in [9.17, 15) is 21.6 Å². The average Bonchev–Trinajstić information content (AvgIpc) is 2.74. The molecule has 0 saturated heterocycles. The van der Waals surface area contributed by atoms with Gasteiger partial charge in [-0.05, 0) is 48.0 Å². The van der Waals surface area contributed by atoms with Crippen LogP contribution in [0.3, 0.4) is 0 Å². The normalized spacial score (nSPS) is 17.1. The van der Waals surface area contributed by atoms with Crippen molar-refractivity contribution in [2.45, 2.75) is 90.7 Å². The lowest BCUT2D eigenvalue weighted by Crippen LogP contribution is -2.31. The molecule has 25 heavy (non-hydrogen) atoms. The van der Waals surface area contributed by atoms with E-state index in [-0.39, 0.29) is 0 Å². The molecular weight excluding hydrogens is 353 g/mol. The first kappa shape index (κ1) is 22.2. The lowest BCUT2D eigenvalue weighted by molar-refractivity contribution is -0.0554. The van der Waals surface area contributed by atoms with Gasteiger partial charge >= 0.3 is 15.6 Å². The van der Waals surface area contributed by atoms with Crippen LogP contribution in [-0.4, -0.2) is 20.0 Å². The molecular formula is C18H29F3O3S. The van der Waals surface area contributed by atoms with E-state index in [2.05, 4.69) is 0 Å². The maximum absolute atomic E-state index is 12.9. The van der Waals surface area contributed by atoms with Crippen LogP contribution in [0, 0.1) is 0 Å². The fraction of sp³-hybridized carbons (Fsp3) is 0.778. The summed E-state index contributed by atoms with van der Waals surface area (Å²) in [5.74, 6) is 0. The molecule has 0 aromatic rings. The molecule has 0 bridgehead atoms. The van der Waals surface area contributed by atoms with Crippen molar-refractivity contribution in [2.24, 2.45) is 0 Å². The van der Waals surface area contributed by atoms with Gasteiger partial charge in [0.25, 0.3) is 0 Å². The fourth-order valence-corrected chi connectivity index (χ4v) is 4.03. The second kappa shape index (κ2) is 9.21. The van der Waals surface area contributed by atoms with Crippen LogP contribution in [0.15, 0.2) is 22.3 Å². The summed E-state index contributed by atoms with van der Waals surface area (Å²) >= 11 is 0. The van der Waals surface area contributed by atoms with Crippen molar-refractivity contribution in [1.29, 1.82) is 0 Å². The molecule has 0 radical (unpaired) electrons. The van der Waals surface area contributed by atoms with E-state index in [0.29, 0.717) is 12.8 Å². The van der Waals surface area contributed by atoms with Crippen LogP contribution < -0.4 is 0 Å². The van der Waals surface area contributed by atoms with Gasteiger partial charge in [0.1, 0.15) is 6.10 Å². The Hall–Kier alpha value is -0.820. The van der Waals surface area contributed by atoms with Crippen LogP contribution in [0.25, 0.3) is 0 Å². The van der Waals surface area contributed by atoms with Gasteiger partial charge in [-0.2, -0.15) is 21.6 Å². The smallest absolute Gasteiger partial charge is 0.251 e. The summed E-state index contributed by atoms with van der Waals surface area (Å²) in [5, 5.41) is 0. The molecule has 146 valence electrons. The number of rotatable bonds is 10. The average molecular weight is 382 g/mol. The van der Waals surface area contributed by atoms with E-state index in [1.807, 2.05) is 27.7 Å². The molecule has 0 N–H and O–H groups in total. The third-order valence-corrected chi connectivity index (χ3v) is 5.33. The van der Waals surface area contributed by atoms with E-state index in [1.165, 1.54) is 0 Å². The summed E-state index contributed by atoms with van der Waals surface area (Å²) in [4.78, 5) is 0. The van der Waals surface area contributed by atoms with Crippen LogP contribution in [0.5, 0.6) is 0 Å². The molecule has 0 saturated carbocycles. The van der Waals surface area contributed by atoms with Crippen molar-refractivity contribution in [3.8, 4) is 0 Å². The number of hydrogen-bond donors (Lipinski definition) is 0. The van der Waals surface area contributed by atoms with E-state index >= 15 is 0 Å². The Balaban J connectivity index is 3.45. The SMILES string of the molecule is CCCC1=C(CCC)C(OS(=O)(=O)C(F)(F)F)C(CCC)=C1CCC. The van der Waals surface area contributed by atoms with Gasteiger partial charge in [-0.1, -0.05) is 53.4 Å². The highest BCUT2D eigenvalue weighted by Gasteiger charge is 2.50. The molecule has 0 unspecified atom stereocenters. The van der Waals surface area contributed by atoms with E-state index in [4.69, 9.17) is 4.18 Å². The zero-order chi connectivity index (χ0) is 19.3. The summed E-state index contributed by atoms with van der Waals surface area (Å²) in [7, 11) is -5.63. The summed E-state index contributed by atoms with van der Waals surface area (Å²) in [5.41, 5.74) is -1.90. The Labute approximate surface area is 149 Å². The molecule has 0 fully saturated rings. The van der Waals surface area contributed by atoms with E-state index in [1.54, 1.807) is 0 Å². The van der Waals surface area contributed by atoms with Crippen molar-refractivity contribution >= 4 is 10.1 Å². The monoisotopic (exact) mass is 382 g/mol. The maximum atomic E-state index is 12.9. The minimum Gasteiger partial charge on any atom is -0.251 e. The standard InChI is InChI=1S/C18H29F3O3S/c1-5-9-13-14(10-6-2)16(12-8-4)17(15(13)11-7-3)24-25(22,23)18(19,20)21/h17H,5-12H2,1-4H3. The Morgan fingerprint density at radius 2 is 1.16 bits per heavy atom. The van der Waals surface area contributed by atoms with Crippen molar-refractivity contribution in [1.82, 2.24) is 0 Å². The van der Waals surface area contributed by atoms with Crippen molar-refractivity contribution in [3.63, 3.8) is 0 Å². The van der Waals surface area contributed by atoms with Crippen LogP contribution in [0.2, 0.25) is 0 Å². The van der Waals surface area contributed by atoms with Crippen LogP contribution in [0.4, 0.5) is 13.2 Å². The molecule has 1 rings (SSSR count). The lowest BCUT2D eigenvalue weighted by atomic mass is 9.95. The highest BCUT2D eigenvalue weighted by molar-refractivity contribution is 7.87. The maximum Gasteiger partial charge on any atom is 0.523 e. The highest BCUT2D eigenvalue weighted by atomic mass is 32.2. The van der Waals surface area contributed by atoms with Gasteiger partial charge in [-0.15, -0.1) is 0 Å². The molecule has 7 heteroatoms. The second-order valence-electron chi connectivity index (χ2n) is 6.38. The van der Waals surface area contributed by atoms with Gasteiger partial charge in [0, 0.05) is 0 Å². The fourth-order valence-electron chi connectivity index (χ4n) is 3.44. The lowest BCUT2D eigenvalue weighted by Gasteiger charge is -2.21. The molecule has 1 aliphatic carbocycles. The quantitative estimate of drug-likeness (QED) is 0.342. The van der Waals surface area contributed by atoms with Crippen molar-refractivity contribution in [2.75, 3.05) is 0 Å².